The fourth-order valence-corrected chi connectivity index (χ4v) is 4.11. The van der Waals surface area contributed by atoms with Crippen LogP contribution < -0.4 is 25.0 Å². The lowest BCUT2D eigenvalue weighted by atomic mass is 10.0. The molecule has 0 aliphatic carbocycles. The van der Waals surface area contributed by atoms with E-state index in [1.165, 1.54) is 17.9 Å². The molecule has 37 heavy (non-hydrogen) atoms. The van der Waals surface area contributed by atoms with Crippen molar-refractivity contribution in [2.24, 2.45) is 0 Å². The fraction of sp³-hybridized carbons (Fsp3) is 0.143. The van der Waals surface area contributed by atoms with Gasteiger partial charge >= 0.3 is 0 Å². The Morgan fingerprint density at radius 2 is 1.84 bits per heavy atom. The van der Waals surface area contributed by atoms with Crippen LogP contribution in [0.15, 0.2) is 72.3 Å². The van der Waals surface area contributed by atoms with Crippen LogP contribution in [0.2, 0.25) is 0 Å². The van der Waals surface area contributed by atoms with Gasteiger partial charge in [-0.15, -0.1) is 0 Å². The summed E-state index contributed by atoms with van der Waals surface area (Å²) < 4.78 is 11.4. The zero-order chi connectivity index (χ0) is 26.5. The number of nitrogens with one attached hydrogen (secondary N) is 2. The largest absolute Gasteiger partial charge is 0.496 e. The molecular weight excluding hydrogens is 490 g/mol. The van der Waals surface area contributed by atoms with Gasteiger partial charge < -0.3 is 14.8 Å². The van der Waals surface area contributed by atoms with Gasteiger partial charge in [0.15, 0.2) is 5.11 Å². The first kappa shape index (κ1) is 25.6. The lowest BCUT2D eigenvalue weighted by molar-refractivity contribution is -0.122. The summed E-state index contributed by atoms with van der Waals surface area (Å²) in [6, 6.07) is 19.6. The summed E-state index contributed by atoms with van der Waals surface area (Å²) >= 11 is 5.28. The van der Waals surface area contributed by atoms with Crippen molar-refractivity contribution in [3.8, 4) is 11.5 Å². The van der Waals surface area contributed by atoms with Gasteiger partial charge in [-0.2, -0.15) is 0 Å². The molecule has 3 aromatic carbocycles. The Morgan fingerprint density at radius 3 is 2.51 bits per heavy atom. The number of thiocarbonyl (C=S) groups is 1. The molecular formula is C28H25N3O5S. The molecule has 0 aromatic heterocycles. The maximum absolute atomic E-state index is 13.3. The van der Waals surface area contributed by atoms with Crippen LogP contribution in [-0.4, -0.2) is 29.9 Å². The molecule has 9 heteroatoms. The number of ether oxygens (including phenoxy) is 2. The molecule has 1 fully saturated rings. The molecule has 3 amide bonds. The highest BCUT2D eigenvalue weighted by atomic mass is 32.1. The van der Waals surface area contributed by atoms with E-state index in [0.29, 0.717) is 28.4 Å². The zero-order valence-electron chi connectivity index (χ0n) is 20.5. The van der Waals surface area contributed by atoms with Gasteiger partial charge in [-0.05, 0) is 84.9 Å². The number of amides is 3. The van der Waals surface area contributed by atoms with Crippen LogP contribution in [0.5, 0.6) is 11.5 Å². The zero-order valence-corrected chi connectivity index (χ0v) is 21.3. The molecule has 0 radical (unpaired) electrons. The summed E-state index contributed by atoms with van der Waals surface area (Å²) in [6.45, 7) is 3.53. The van der Waals surface area contributed by atoms with Crippen molar-refractivity contribution in [2.45, 2.75) is 20.5 Å². The maximum atomic E-state index is 13.3. The van der Waals surface area contributed by atoms with Crippen molar-refractivity contribution in [1.29, 1.82) is 0 Å². The molecule has 1 aliphatic rings. The third-order valence-corrected chi connectivity index (χ3v) is 5.83. The van der Waals surface area contributed by atoms with Crippen molar-refractivity contribution in [1.82, 2.24) is 5.32 Å². The average Bonchev–Trinajstić information content (AvgIpc) is 2.86. The van der Waals surface area contributed by atoms with Gasteiger partial charge in [0.05, 0.1) is 12.8 Å². The molecule has 0 unspecified atom stereocenters. The van der Waals surface area contributed by atoms with Gasteiger partial charge in [0.1, 0.15) is 23.7 Å². The average molecular weight is 516 g/mol. The van der Waals surface area contributed by atoms with Crippen LogP contribution in [0.25, 0.3) is 6.08 Å². The Bertz CT molecular complexity index is 1420. The number of benzene rings is 3. The summed E-state index contributed by atoms with van der Waals surface area (Å²) in [5, 5.41) is 5.34. The number of aryl methyl sites for hydroxylation is 1. The van der Waals surface area contributed by atoms with Gasteiger partial charge in [-0.1, -0.05) is 18.2 Å². The fourth-order valence-electron chi connectivity index (χ4n) is 3.83. The molecule has 1 aliphatic heterocycles. The van der Waals surface area contributed by atoms with Gasteiger partial charge in [0.25, 0.3) is 11.8 Å². The Balaban J connectivity index is 1.57. The topological polar surface area (TPSA) is 97.0 Å². The van der Waals surface area contributed by atoms with E-state index >= 15 is 0 Å². The lowest BCUT2D eigenvalue weighted by Gasteiger charge is -2.29. The maximum Gasteiger partial charge on any atom is 0.270 e. The molecule has 0 atom stereocenters. The van der Waals surface area contributed by atoms with Crippen LogP contribution in [-0.2, 0) is 21.0 Å². The molecule has 0 saturated carbocycles. The first-order chi connectivity index (χ1) is 17.7. The predicted octanol–water partition coefficient (Wildman–Crippen LogP) is 4.37. The Hall–Kier alpha value is -4.50. The first-order valence-electron chi connectivity index (χ1n) is 11.4. The van der Waals surface area contributed by atoms with E-state index < -0.39 is 11.8 Å². The van der Waals surface area contributed by atoms with Crippen LogP contribution in [0.4, 0.5) is 11.4 Å². The Labute approximate surface area is 219 Å². The van der Waals surface area contributed by atoms with Gasteiger partial charge in [-0.3, -0.25) is 24.6 Å². The van der Waals surface area contributed by atoms with Crippen molar-refractivity contribution < 1.29 is 23.9 Å². The predicted molar refractivity (Wildman–Crippen MR) is 145 cm³/mol. The number of methoxy groups -OCH3 is 1. The second-order valence-corrected chi connectivity index (χ2v) is 8.75. The van der Waals surface area contributed by atoms with E-state index in [2.05, 4.69) is 10.6 Å². The number of rotatable bonds is 7. The van der Waals surface area contributed by atoms with E-state index in [4.69, 9.17) is 21.7 Å². The molecule has 188 valence electrons. The molecule has 0 bridgehead atoms. The Kier molecular flexibility index (Phi) is 7.64. The monoisotopic (exact) mass is 515 g/mol. The van der Waals surface area contributed by atoms with Crippen molar-refractivity contribution in [3.63, 3.8) is 0 Å². The second-order valence-electron chi connectivity index (χ2n) is 8.36. The summed E-state index contributed by atoms with van der Waals surface area (Å²) in [5.41, 5.74) is 3.50. The van der Waals surface area contributed by atoms with Gasteiger partial charge in [-0.25, -0.2) is 0 Å². The van der Waals surface area contributed by atoms with E-state index in [1.807, 2.05) is 25.1 Å². The minimum absolute atomic E-state index is 0.0334. The van der Waals surface area contributed by atoms with E-state index in [1.54, 1.807) is 55.6 Å². The van der Waals surface area contributed by atoms with Crippen LogP contribution in [0, 0.1) is 6.92 Å². The number of carbonyl (C=O) groups is 3. The number of nitrogens with zero attached hydrogens (tertiary/aromatic N) is 1. The molecule has 1 heterocycles. The SMILES string of the molecule is COc1ccc(/C=C2\C(=O)NC(=S)N(c3cccc(C)c3)C2=O)cc1COc1ccc(NC(C)=O)cc1. The molecule has 8 nitrogen and oxygen atoms in total. The molecule has 1 saturated heterocycles. The van der Waals surface area contributed by atoms with Crippen LogP contribution in [0.3, 0.4) is 0 Å². The summed E-state index contributed by atoms with van der Waals surface area (Å²) in [6.07, 6.45) is 1.52. The number of hydrogen-bond donors (Lipinski definition) is 2. The number of hydrogen-bond acceptors (Lipinski definition) is 6. The summed E-state index contributed by atoms with van der Waals surface area (Å²) in [4.78, 5) is 38.5. The highest BCUT2D eigenvalue weighted by Gasteiger charge is 2.34. The Morgan fingerprint density at radius 1 is 1.08 bits per heavy atom. The molecule has 0 spiro atoms. The second kappa shape index (κ2) is 11.0. The van der Waals surface area contributed by atoms with Crippen molar-refractivity contribution >= 4 is 52.5 Å². The number of carbonyl (C=O) groups excluding carboxylic acids is 3. The molecule has 2 N–H and O–H groups in total. The minimum Gasteiger partial charge on any atom is -0.496 e. The van der Waals surface area contributed by atoms with E-state index in [0.717, 1.165) is 11.1 Å². The highest BCUT2D eigenvalue weighted by Crippen LogP contribution is 2.26. The standard InChI is InChI=1S/C28H25N3O5S/c1-17-5-4-6-22(13-17)31-27(34)24(26(33)30-28(31)37)15-19-7-12-25(35-3)20(14-19)16-36-23-10-8-21(9-11-23)29-18(2)32/h4-15H,16H2,1-3H3,(H,29,32)(H,30,33,37)/b24-15+. The summed E-state index contributed by atoms with van der Waals surface area (Å²) in [7, 11) is 1.55. The summed E-state index contributed by atoms with van der Waals surface area (Å²) in [5.74, 6) is -0.0274. The third-order valence-electron chi connectivity index (χ3n) is 5.55. The molecule has 3 aromatic rings. The van der Waals surface area contributed by atoms with E-state index in [9.17, 15) is 14.4 Å². The van der Waals surface area contributed by atoms with Gasteiger partial charge in [0, 0.05) is 18.2 Å². The first-order valence-corrected chi connectivity index (χ1v) is 11.8. The van der Waals surface area contributed by atoms with Crippen molar-refractivity contribution in [3.05, 3.63) is 89.0 Å². The van der Waals surface area contributed by atoms with Crippen LogP contribution in [0.1, 0.15) is 23.6 Å². The third kappa shape index (κ3) is 6.02. The van der Waals surface area contributed by atoms with E-state index in [-0.39, 0.29) is 23.2 Å². The quantitative estimate of drug-likeness (QED) is 0.276. The minimum atomic E-state index is -0.563. The lowest BCUT2D eigenvalue weighted by Crippen LogP contribution is -2.54. The van der Waals surface area contributed by atoms with Gasteiger partial charge in [0.2, 0.25) is 5.91 Å². The highest BCUT2D eigenvalue weighted by molar-refractivity contribution is 7.80. The van der Waals surface area contributed by atoms with Crippen molar-refractivity contribution in [2.75, 3.05) is 17.3 Å². The van der Waals surface area contributed by atoms with Crippen LogP contribution >= 0.6 is 12.2 Å². The smallest absolute Gasteiger partial charge is 0.270 e. The number of anilines is 2. The normalized spacial score (nSPS) is 14.4. The molecule has 4 rings (SSSR count).